The van der Waals surface area contributed by atoms with Crippen LogP contribution >= 0.6 is 0 Å². The minimum atomic E-state index is -5.01. The number of nitrogens with zero attached hydrogens (tertiary/aromatic N) is 2. The van der Waals surface area contributed by atoms with Crippen LogP contribution in [0, 0.1) is 18.7 Å². The van der Waals surface area contributed by atoms with Gasteiger partial charge in [-0.1, -0.05) is 24.3 Å². The van der Waals surface area contributed by atoms with E-state index in [-0.39, 0.29) is 42.9 Å². The molecule has 1 N–H and O–H groups in total. The monoisotopic (exact) mass is 504 g/mol. The van der Waals surface area contributed by atoms with Crippen LogP contribution in [0.3, 0.4) is 0 Å². The van der Waals surface area contributed by atoms with Crippen molar-refractivity contribution in [3.8, 4) is 0 Å². The third-order valence-electron chi connectivity index (χ3n) is 6.58. The fourth-order valence-corrected chi connectivity index (χ4v) is 4.57. The average molecular weight is 504 g/mol. The van der Waals surface area contributed by atoms with Crippen LogP contribution in [0.1, 0.15) is 39.4 Å². The Morgan fingerprint density at radius 3 is 2.36 bits per heavy atom. The van der Waals surface area contributed by atoms with E-state index in [1.54, 1.807) is 25.1 Å². The quantitative estimate of drug-likeness (QED) is 0.452. The smallest absolute Gasteiger partial charge is 0.471 e. The van der Waals surface area contributed by atoms with Gasteiger partial charge in [-0.15, -0.1) is 0 Å². The van der Waals surface area contributed by atoms with E-state index in [4.69, 9.17) is 5.11 Å². The maximum Gasteiger partial charge on any atom is 0.471 e. The summed E-state index contributed by atoms with van der Waals surface area (Å²) in [5, 5.41) is 9.09. The predicted octanol–water partition coefficient (Wildman–Crippen LogP) is 4.25. The number of hydrogen-bond donors (Lipinski definition) is 1. The number of benzene rings is 2. The van der Waals surface area contributed by atoms with Crippen LogP contribution in [0.4, 0.5) is 17.6 Å². The first-order valence-corrected chi connectivity index (χ1v) is 11.4. The molecule has 190 valence electrons. The van der Waals surface area contributed by atoms with Gasteiger partial charge in [-0.05, 0) is 54.3 Å². The number of hydrogen-bond acceptors (Lipinski definition) is 3. The first-order valence-electron chi connectivity index (χ1n) is 11.4. The minimum absolute atomic E-state index is 0.121. The summed E-state index contributed by atoms with van der Waals surface area (Å²) in [5.74, 6) is -4.29. The number of halogens is 4. The van der Waals surface area contributed by atoms with Gasteiger partial charge in [0, 0.05) is 43.6 Å². The SMILES string of the molecule is Cc1cc(C=CC(=O)N2CC(CN(C(=O)C(F)(F)F)C3CC3c3ccc(F)cc3)C2)ccc1C(=O)O. The van der Waals surface area contributed by atoms with Gasteiger partial charge in [0.15, 0.2) is 0 Å². The topological polar surface area (TPSA) is 77.9 Å². The highest BCUT2D eigenvalue weighted by Crippen LogP contribution is 2.46. The van der Waals surface area contributed by atoms with Crippen molar-refractivity contribution in [1.29, 1.82) is 0 Å². The molecule has 2 aromatic carbocycles. The van der Waals surface area contributed by atoms with Gasteiger partial charge in [0.05, 0.1) is 5.56 Å². The molecule has 10 heteroatoms. The standard InChI is InChI=1S/C26H24F4N2O4/c1-15-10-16(2-8-20(15)24(34)35)3-9-23(33)31-12-17(13-31)14-32(25(36)26(28,29)30)22-11-21(22)18-4-6-19(27)7-5-18/h2-10,17,21-22H,11-14H2,1H3,(H,34,35). The minimum Gasteiger partial charge on any atom is -0.478 e. The molecule has 2 aliphatic rings. The van der Waals surface area contributed by atoms with E-state index in [1.165, 1.54) is 41.3 Å². The number of amides is 2. The molecule has 2 aromatic rings. The molecule has 2 atom stereocenters. The molecular formula is C26H24F4N2O4. The molecule has 6 nitrogen and oxygen atoms in total. The molecular weight excluding hydrogens is 480 g/mol. The van der Waals surface area contributed by atoms with Crippen molar-refractivity contribution in [3.05, 3.63) is 76.6 Å². The molecule has 1 aliphatic heterocycles. The lowest BCUT2D eigenvalue weighted by Gasteiger charge is -2.41. The zero-order valence-electron chi connectivity index (χ0n) is 19.3. The van der Waals surface area contributed by atoms with Gasteiger partial charge in [-0.25, -0.2) is 9.18 Å². The molecule has 1 heterocycles. The first kappa shape index (κ1) is 25.4. The first-order chi connectivity index (χ1) is 16.9. The van der Waals surface area contributed by atoms with E-state index in [0.29, 0.717) is 23.1 Å². The summed E-state index contributed by atoms with van der Waals surface area (Å²) >= 11 is 0. The molecule has 0 spiro atoms. The largest absolute Gasteiger partial charge is 0.478 e. The third kappa shape index (κ3) is 5.58. The van der Waals surface area contributed by atoms with Gasteiger partial charge in [0.25, 0.3) is 0 Å². The fraction of sp³-hybridized carbons (Fsp3) is 0.346. The van der Waals surface area contributed by atoms with Crippen molar-refractivity contribution in [1.82, 2.24) is 9.80 Å². The molecule has 0 aromatic heterocycles. The number of alkyl halides is 3. The number of carbonyl (C=O) groups is 3. The number of aromatic carboxylic acids is 1. The van der Waals surface area contributed by atoms with Crippen molar-refractivity contribution < 1.29 is 37.1 Å². The zero-order chi connectivity index (χ0) is 26.2. The molecule has 2 fully saturated rings. The van der Waals surface area contributed by atoms with Crippen LogP contribution < -0.4 is 0 Å². The van der Waals surface area contributed by atoms with Crippen LogP contribution in [-0.2, 0) is 9.59 Å². The van der Waals surface area contributed by atoms with Crippen LogP contribution in [-0.4, -0.2) is 64.5 Å². The summed E-state index contributed by atoms with van der Waals surface area (Å²) in [5.41, 5.74) is 2.04. The van der Waals surface area contributed by atoms with E-state index >= 15 is 0 Å². The Hall–Kier alpha value is -3.69. The van der Waals surface area contributed by atoms with Gasteiger partial charge >= 0.3 is 18.1 Å². The molecule has 0 bridgehead atoms. The summed E-state index contributed by atoms with van der Waals surface area (Å²) in [4.78, 5) is 38.0. The van der Waals surface area contributed by atoms with E-state index < -0.39 is 29.9 Å². The molecule has 2 amide bonds. The van der Waals surface area contributed by atoms with Gasteiger partial charge < -0.3 is 14.9 Å². The number of carboxylic acids is 1. The fourth-order valence-electron chi connectivity index (χ4n) is 4.57. The molecule has 1 saturated carbocycles. The lowest BCUT2D eigenvalue weighted by atomic mass is 9.98. The van der Waals surface area contributed by atoms with Crippen LogP contribution in [0.5, 0.6) is 0 Å². The second kappa shape index (κ2) is 9.75. The highest BCUT2D eigenvalue weighted by atomic mass is 19.4. The molecule has 4 rings (SSSR count). The van der Waals surface area contributed by atoms with Gasteiger partial charge in [-0.3, -0.25) is 9.59 Å². The van der Waals surface area contributed by atoms with Crippen molar-refractivity contribution >= 4 is 23.9 Å². The third-order valence-corrected chi connectivity index (χ3v) is 6.58. The second-order valence-electron chi connectivity index (χ2n) is 9.24. The summed E-state index contributed by atoms with van der Waals surface area (Å²) in [6.45, 7) is 1.96. The van der Waals surface area contributed by atoms with Crippen LogP contribution in [0.15, 0.2) is 48.5 Å². The van der Waals surface area contributed by atoms with E-state index in [9.17, 15) is 31.9 Å². The Labute approximate surface area is 204 Å². The normalized spacial score (nSPS) is 19.8. The molecule has 1 aliphatic carbocycles. The predicted molar refractivity (Wildman–Crippen MR) is 123 cm³/mol. The van der Waals surface area contributed by atoms with E-state index in [2.05, 4.69) is 0 Å². The zero-order valence-corrected chi connectivity index (χ0v) is 19.3. The number of likely N-dealkylation sites (tertiary alicyclic amines) is 1. The van der Waals surface area contributed by atoms with Gasteiger partial charge in [0.1, 0.15) is 5.82 Å². The maximum absolute atomic E-state index is 13.3. The number of carbonyl (C=O) groups excluding carboxylic acids is 2. The Kier molecular flexibility index (Phi) is 6.88. The summed E-state index contributed by atoms with van der Waals surface area (Å²) in [6, 6.07) is 9.56. The number of aryl methyl sites for hydroxylation is 1. The lowest BCUT2D eigenvalue weighted by Crippen LogP contribution is -2.56. The molecule has 2 unspecified atom stereocenters. The average Bonchev–Trinajstić information content (AvgIpc) is 3.56. The Bertz CT molecular complexity index is 1200. The van der Waals surface area contributed by atoms with Crippen molar-refractivity contribution in [2.24, 2.45) is 5.92 Å². The Balaban J connectivity index is 1.35. The molecule has 36 heavy (non-hydrogen) atoms. The summed E-state index contributed by atoms with van der Waals surface area (Å²) in [6.07, 6.45) is -1.77. The molecule has 1 saturated heterocycles. The summed E-state index contributed by atoms with van der Waals surface area (Å²) < 4.78 is 53.0. The lowest BCUT2D eigenvalue weighted by molar-refractivity contribution is -0.187. The van der Waals surface area contributed by atoms with Crippen molar-refractivity contribution in [3.63, 3.8) is 0 Å². The summed E-state index contributed by atoms with van der Waals surface area (Å²) in [7, 11) is 0. The molecule has 0 radical (unpaired) electrons. The van der Waals surface area contributed by atoms with Gasteiger partial charge in [0.2, 0.25) is 5.91 Å². The van der Waals surface area contributed by atoms with E-state index in [1.807, 2.05) is 0 Å². The second-order valence-corrected chi connectivity index (χ2v) is 9.24. The van der Waals surface area contributed by atoms with Crippen LogP contribution in [0.25, 0.3) is 6.08 Å². The highest BCUT2D eigenvalue weighted by molar-refractivity contribution is 5.93. The number of carboxylic acid groups (broad SMARTS) is 1. The van der Waals surface area contributed by atoms with Crippen molar-refractivity contribution in [2.45, 2.75) is 31.5 Å². The maximum atomic E-state index is 13.3. The van der Waals surface area contributed by atoms with Crippen LogP contribution in [0.2, 0.25) is 0 Å². The Morgan fingerprint density at radius 1 is 1.11 bits per heavy atom. The van der Waals surface area contributed by atoms with E-state index in [0.717, 1.165) is 4.90 Å². The number of rotatable bonds is 7. The van der Waals surface area contributed by atoms with Crippen molar-refractivity contribution in [2.75, 3.05) is 19.6 Å². The van der Waals surface area contributed by atoms with Gasteiger partial charge in [-0.2, -0.15) is 13.2 Å². The Morgan fingerprint density at radius 2 is 1.78 bits per heavy atom. The highest BCUT2D eigenvalue weighted by Gasteiger charge is 2.52.